The predicted molar refractivity (Wildman–Crippen MR) is 60.5 cm³/mol. The molecule has 0 heterocycles. The lowest BCUT2D eigenvalue weighted by Crippen LogP contribution is -2.23. The summed E-state index contributed by atoms with van der Waals surface area (Å²) in [5, 5.41) is 0. The minimum absolute atomic E-state index is 0.135. The van der Waals surface area contributed by atoms with Crippen LogP contribution in [0, 0.1) is 5.92 Å². The van der Waals surface area contributed by atoms with Gasteiger partial charge in [0, 0.05) is 11.6 Å². The summed E-state index contributed by atoms with van der Waals surface area (Å²) in [4.78, 5) is 22.6. The molecule has 1 aliphatic carbocycles. The van der Waals surface area contributed by atoms with Gasteiger partial charge < -0.3 is 10.5 Å². The molecule has 1 saturated carbocycles. The van der Waals surface area contributed by atoms with Crippen molar-refractivity contribution in [3.63, 3.8) is 0 Å². The SMILES string of the molecule is CCOC(=O)/C=C(\C(N)=O)C1CCCCC1. The van der Waals surface area contributed by atoms with E-state index in [4.69, 9.17) is 10.5 Å². The predicted octanol–water partition coefficient (Wildman–Crippen LogP) is 1.54. The lowest BCUT2D eigenvalue weighted by atomic mass is 9.83. The zero-order chi connectivity index (χ0) is 12.0. The molecule has 0 bridgehead atoms. The second-order valence-corrected chi connectivity index (χ2v) is 4.05. The molecule has 1 fully saturated rings. The number of primary amides is 1. The Bertz CT molecular complexity index is 291. The van der Waals surface area contributed by atoms with Gasteiger partial charge >= 0.3 is 5.97 Å². The number of esters is 1. The topological polar surface area (TPSA) is 69.4 Å². The summed E-state index contributed by atoms with van der Waals surface area (Å²) in [5.74, 6) is -0.836. The monoisotopic (exact) mass is 225 g/mol. The molecule has 1 amide bonds. The van der Waals surface area contributed by atoms with E-state index in [2.05, 4.69) is 0 Å². The molecule has 1 rings (SSSR count). The standard InChI is InChI=1S/C12H19NO3/c1-2-16-11(14)8-10(12(13)15)9-6-4-3-5-7-9/h8-9H,2-7H2,1H3,(H2,13,15)/b10-8-. The van der Waals surface area contributed by atoms with Crippen LogP contribution in [0.25, 0.3) is 0 Å². The Balaban J connectivity index is 2.72. The summed E-state index contributed by atoms with van der Waals surface area (Å²) in [7, 11) is 0. The van der Waals surface area contributed by atoms with Crippen molar-refractivity contribution in [3.8, 4) is 0 Å². The first kappa shape index (κ1) is 12.7. The molecule has 0 radical (unpaired) electrons. The van der Waals surface area contributed by atoms with Crippen molar-refractivity contribution in [2.45, 2.75) is 39.0 Å². The van der Waals surface area contributed by atoms with E-state index in [0.717, 1.165) is 25.7 Å². The highest BCUT2D eigenvalue weighted by Gasteiger charge is 2.22. The zero-order valence-corrected chi connectivity index (χ0v) is 9.70. The number of nitrogens with two attached hydrogens (primary N) is 1. The first-order valence-electron chi connectivity index (χ1n) is 5.83. The number of carbonyl (C=O) groups is 2. The van der Waals surface area contributed by atoms with Crippen LogP contribution >= 0.6 is 0 Å². The van der Waals surface area contributed by atoms with E-state index >= 15 is 0 Å². The van der Waals surface area contributed by atoms with Gasteiger partial charge in [-0.25, -0.2) is 4.79 Å². The largest absolute Gasteiger partial charge is 0.463 e. The van der Waals surface area contributed by atoms with Crippen LogP contribution in [0.3, 0.4) is 0 Å². The highest BCUT2D eigenvalue weighted by Crippen LogP contribution is 2.29. The summed E-state index contributed by atoms with van der Waals surface area (Å²) in [6.07, 6.45) is 6.53. The van der Waals surface area contributed by atoms with Gasteiger partial charge in [0.05, 0.1) is 6.61 Å². The minimum Gasteiger partial charge on any atom is -0.463 e. The molecule has 0 unspecified atom stereocenters. The highest BCUT2D eigenvalue weighted by molar-refractivity contribution is 5.98. The Kier molecular flexibility index (Phi) is 5.02. The number of hydrogen-bond donors (Lipinski definition) is 1. The molecule has 1 aliphatic rings. The number of ether oxygens (including phenoxy) is 1. The van der Waals surface area contributed by atoms with Crippen LogP contribution in [0.4, 0.5) is 0 Å². The second-order valence-electron chi connectivity index (χ2n) is 4.05. The fraction of sp³-hybridized carbons (Fsp3) is 0.667. The van der Waals surface area contributed by atoms with Gasteiger partial charge in [-0.2, -0.15) is 0 Å². The summed E-state index contributed by atoms with van der Waals surface area (Å²) >= 11 is 0. The third-order valence-corrected chi connectivity index (χ3v) is 2.89. The molecule has 0 aromatic carbocycles. The van der Waals surface area contributed by atoms with Gasteiger partial charge in [0.2, 0.25) is 5.91 Å². The molecular formula is C12H19NO3. The van der Waals surface area contributed by atoms with Gasteiger partial charge in [-0.05, 0) is 25.7 Å². The van der Waals surface area contributed by atoms with Gasteiger partial charge in [0.25, 0.3) is 0 Å². The molecule has 4 heteroatoms. The van der Waals surface area contributed by atoms with Crippen molar-refractivity contribution in [1.29, 1.82) is 0 Å². The van der Waals surface area contributed by atoms with E-state index in [0.29, 0.717) is 12.2 Å². The summed E-state index contributed by atoms with van der Waals surface area (Å²) < 4.78 is 4.79. The van der Waals surface area contributed by atoms with E-state index in [-0.39, 0.29) is 5.92 Å². The fourth-order valence-corrected chi connectivity index (χ4v) is 2.11. The normalized spacial score (nSPS) is 18.2. The van der Waals surface area contributed by atoms with Gasteiger partial charge in [0.1, 0.15) is 0 Å². The van der Waals surface area contributed by atoms with Crippen LogP contribution < -0.4 is 5.73 Å². The zero-order valence-electron chi connectivity index (χ0n) is 9.70. The number of hydrogen-bond acceptors (Lipinski definition) is 3. The summed E-state index contributed by atoms with van der Waals surface area (Å²) in [5.41, 5.74) is 5.73. The van der Waals surface area contributed by atoms with Gasteiger partial charge in [-0.3, -0.25) is 4.79 Å². The maximum absolute atomic E-state index is 11.3. The molecule has 16 heavy (non-hydrogen) atoms. The van der Waals surface area contributed by atoms with E-state index in [9.17, 15) is 9.59 Å². The van der Waals surface area contributed by atoms with Crippen molar-refractivity contribution in [2.75, 3.05) is 6.61 Å². The van der Waals surface area contributed by atoms with Crippen molar-refractivity contribution < 1.29 is 14.3 Å². The summed E-state index contributed by atoms with van der Waals surface area (Å²) in [6.45, 7) is 2.04. The van der Waals surface area contributed by atoms with Crippen LogP contribution in [0.15, 0.2) is 11.6 Å². The lowest BCUT2D eigenvalue weighted by Gasteiger charge is -2.22. The highest BCUT2D eigenvalue weighted by atomic mass is 16.5. The Morgan fingerprint density at radius 2 is 1.94 bits per heavy atom. The van der Waals surface area contributed by atoms with Crippen LogP contribution in [-0.2, 0) is 14.3 Å². The minimum atomic E-state index is -0.500. The van der Waals surface area contributed by atoms with E-state index in [1.807, 2.05) is 0 Å². The maximum Gasteiger partial charge on any atom is 0.331 e. The van der Waals surface area contributed by atoms with Crippen LogP contribution in [0.5, 0.6) is 0 Å². The molecule has 0 spiro atoms. The molecule has 0 aromatic heterocycles. The molecule has 0 saturated heterocycles. The quantitative estimate of drug-likeness (QED) is 0.583. The van der Waals surface area contributed by atoms with E-state index < -0.39 is 11.9 Å². The van der Waals surface area contributed by atoms with Gasteiger partial charge in [-0.1, -0.05) is 19.3 Å². The smallest absolute Gasteiger partial charge is 0.331 e. The first-order valence-corrected chi connectivity index (χ1v) is 5.83. The van der Waals surface area contributed by atoms with Crippen molar-refractivity contribution in [1.82, 2.24) is 0 Å². The second kappa shape index (κ2) is 6.30. The molecule has 0 atom stereocenters. The molecule has 4 nitrogen and oxygen atoms in total. The average molecular weight is 225 g/mol. The van der Waals surface area contributed by atoms with Gasteiger partial charge in [0.15, 0.2) is 0 Å². The van der Waals surface area contributed by atoms with Crippen molar-refractivity contribution in [3.05, 3.63) is 11.6 Å². The Morgan fingerprint density at radius 1 is 1.31 bits per heavy atom. The first-order chi connectivity index (χ1) is 7.65. The Labute approximate surface area is 95.8 Å². The van der Waals surface area contributed by atoms with Gasteiger partial charge in [-0.15, -0.1) is 0 Å². The number of carbonyl (C=O) groups excluding carboxylic acids is 2. The van der Waals surface area contributed by atoms with E-state index in [1.165, 1.54) is 12.5 Å². The maximum atomic E-state index is 11.3. The fourth-order valence-electron chi connectivity index (χ4n) is 2.11. The van der Waals surface area contributed by atoms with Crippen LogP contribution in [0.2, 0.25) is 0 Å². The molecule has 0 aromatic rings. The number of rotatable bonds is 4. The molecule has 90 valence electrons. The van der Waals surface area contributed by atoms with Crippen molar-refractivity contribution >= 4 is 11.9 Å². The van der Waals surface area contributed by atoms with Crippen molar-refractivity contribution in [2.24, 2.45) is 11.7 Å². The average Bonchev–Trinajstić information content (AvgIpc) is 2.27. The molecule has 2 N–H and O–H groups in total. The number of amides is 1. The summed E-state index contributed by atoms with van der Waals surface area (Å²) in [6, 6.07) is 0. The van der Waals surface area contributed by atoms with E-state index in [1.54, 1.807) is 6.92 Å². The third kappa shape index (κ3) is 3.68. The Morgan fingerprint density at radius 3 is 2.44 bits per heavy atom. The van der Waals surface area contributed by atoms with Crippen LogP contribution in [-0.4, -0.2) is 18.5 Å². The lowest BCUT2D eigenvalue weighted by molar-refractivity contribution is -0.137. The Hall–Kier alpha value is -1.32. The molecular weight excluding hydrogens is 206 g/mol. The van der Waals surface area contributed by atoms with Crippen LogP contribution in [0.1, 0.15) is 39.0 Å². The molecule has 0 aliphatic heterocycles. The third-order valence-electron chi connectivity index (χ3n) is 2.89.